The van der Waals surface area contributed by atoms with Gasteiger partial charge in [0.25, 0.3) is 5.91 Å². The van der Waals surface area contributed by atoms with Crippen molar-refractivity contribution in [1.82, 2.24) is 5.32 Å². The number of hydrogen-bond acceptors (Lipinski definition) is 5. The molecule has 1 N–H and O–H groups in total. The Morgan fingerprint density at radius 3 is 1.94 bits per heavy atom. The predicted octanol–water partition coefficient (Wildman–Crippen LogP) is 4.50. The van der Waals surface area contributed by atoms with Gasteiger partial charge in [0.15, 0.2) is 6.10 Å². The minimum Gasteiger partial charge on any atom is -0.463 e. The molecule has 2 atom stereocenters. The van der Waals surface area contributed by atoms with Crippen molar-refractivity contribution < 1.29 is 23.9 Å². The van der Waals surface area contributed by atoms with E-state index in [2.05, 4.69) is 5.32 Å². The molecule has 33 heavy (non-hydrogen) atoms. The topological polar surface area (TPSA) is 81.7 Å². The molecule has 1 amide bonds. The van der Waals surface area contributed by atoms with Crippen LogP contribution >= 0.6 is 0 Å². The third kappa shape index (κ3) is 6.90. The largest absolute Gasteiger partial charge is 0.463 e. The lowest BCUT2D eigenvalue weighted by molar-refractivity contribution is -0.137. The Morgan fingerprint density at radius 1 is 0.818 bits per heavy atom. The fourth-order valence-corrected chi connectivity index (χ4v) is 3.17. The van der Waals surface area contributed by atoms with E-state index >= 15 is 0 Å². The Balaban J connectivity index is 1.95. The number of carbonyl (C=O) groups is 3. The third-order valence-corrected chi connectivity index (χ3v) is 4.76. The quantitative estimate of drug-likeness (QED) is 0.389. The van der Waals surface area contributed by atoms with E-state index in [9.17, 15) is 14.4 Å². The molecule has 6 nitrogen and oxygen atoms in total. The number of rotatable bonds is 9. The first-order valence-corrected chi connectivity index (χ1v) is 10.6. The molecule has 0 spiro atoms. The van der Waals surface area contributed by atoms with Gasteiger partial charge in [-0.1, -0.05) is 72.8 Å². The normalized spacial score (nSPS) is 12.5. The fourth-order valence-electron chi connectivity index (χ4n) is 3.17. The van der Waals surface area contributed by atoms with Gasteiger partial charge in [0.1, 0.15) is 0 Å². The molecule has 0 aromatic heterocycles. The molecule has 3 aromatic rings. The highest BCUT2D eigenvalue weighted by molar-refractivity contribution is 5.95. The van der Waals surface area contributed by atoms with Gasteiger partial charge in [-0.05, 0) is 36.8 Å². The van der Waals surface area contributed by atoms with Crippen LogP contribution in [0, 0.1) is 0 Å². The lowest BCUT2D eigenvalue weighted by atomic mass is 10.0. The molecular formula is C27H25NO5. The van der Waals surface area contributed by atoms with Crippen molar-refractivity contribution in [2.45, 2.75) is 19.1 Å². The summed E-state index contributed by atoms with van der Waals surface area (Å²) in [7, 11) is 0. The SMILES string of the molecule is CCOC(=O)/C=C/[C@@H](NC(=O)c1ccccc1)[C@H](OC(=O)c1ccccc1)c1ccccc1. The second-order valence-electron chi connectivity index (χ2n) is 7.08. The first-order valence-electron chi connectivity index (χ1n) is 10.6. The second kappa shape index (κ2) is 12.0. The van der Waals surface area contributed by atoms with E-state index in [-0.39, 0.29) is 12.5 Å². The van der Waals surface area contributed by atoms with E-state index in [4.69, 9.17) is 9.47 Å². The summed E-state index contributed by atoms with van der Waals surface area (Å²) in [5.74, 6) is -1.48. The average molecular weight is 443 g/mol. The lowest BCUT2D eigenvalue weighted by Crippen LogP contribution is -2.40. The summed E-state index contributed by atoms with van der Waals surface area (Å²) in [6.07, 6.45) is 1.82. The van der Waals surface area contributed by atoms with E-state index in [1.54, 1.807) is 73.7 Å². The first-order chi connectivity index (χ1) is 16.1. The number of ether oxygens (including phenoxy) is 2. The molecule has 0 heterocycles. The van der Waals surface area contributed by atoms with Crippen LogP contribution in [0.25, 0.3) is 0 Å². The molecule has 0 bridgehead atoms. The van der Waals surface area contributed by atoms with Gasteiger partial charge in [0.05, 0.1) is 18.2 Å². The van der Waals surface area contributed by atoms with Crippen molar-refractivity contribution in [2.24, 2.45) is 0 Å². The Bertz CT molecular complexity index is 1080. The molecule has 3 rings (SSSR count). The molecular weight excluding hydrogens is 418 g/mol. The Morgan fingerprint density at radius 2 is 1.36 bits per heavy atom. The number of nitrogens with one attached hydrogen (secondary N) is 1. The molecule has 0 aliphatic heterocycles. The van der Waals surface area contributed by atoms with Gasteiger partial charge in [0.2, 0.25) is 0 Å². The highest BCUT2D eigenvalue weighted by atomic mass is 16.5. The molecule has 6 heteroatoms. The van der Waals surface area contributed by atoms with Crippen LogP contribution in [0.4, 0.5) is 0 Å². The smallest absolute Gasteiger partial charge is 0.338 e. The van der Waals surface area contributed by atoms with Crippen molar-refractivity contribution in [3.8, 4) is 0 Å². The monoisotopic (exact) mass is 443 g/mol. The molecule has 0 saturated carbocycles. The Kier molecular flexibility index (Phi) is 8.54. The fraction of sp³-hybridized carbons (Fsp3) is 0.148. The van der Waals surface area contributed by atoms with E-state index in [0.717, 1.165) is 0 Å². The summed E-state index contributed by atoms with van der Waals surface area (Å²) >= 11 is 0. The van der Waals surface area contributed by atoms with Crippen LogP contribution < -0.4 is 5.32 Å². The summed E-state index contributed by atoms with van der Waals surface area (Å²) in [6, 6.07) is 25.5. The predicted molar refractivity (Wildman–Crippen MR) is 125 cm³/mol. The Labute approximate surface area is 192 Å². The molecule has 0 radical (unpaired) electrons. The van der Waals surface area contributed by atoms with E-state index in [1.807, 2.05) is 24.3 Å². The van der Waals surface area contributed by atoms with Crippen molar-refractivity contribution in [3.63, 3.8) is 0 Å². The van der Waals surface area contributed by atoms with Crippen molar-refractivity contribution in [2.75, 3.05) is 6.61 Å². The molecule has 0 saturated heterocycles. The van der Waals surface area contributed by atoms with E-state index in [1.165, 1.54) is 12.2 Å². The summed E-state index contributed by atoms with van der Waals surface area (Å²) in [4.78, 5) is 37.8. The van der Waals surface area contributed by atoms with Crippen LogP contribution in [0.15, 0.2) is 103 Å². The second-order valence-corrected chi connectivity index (χ2v) is 7.08. The average Bonchev–Trinajstić information content (AvgIpc) is 2.86. The third-order valence-electron chi connectivity index (χ3n) is 4.76. The minimum absolute atomic E-state index is 0.218. The molecule has 0 aliphatic carbocycles. The van der Waals surface area contributed by atoms with Crippen LogP contribution in [-0.2, 0) is 14.3 Å². The van der Waals surface area contributed by atoms with Gasteiger partial charge in [-0.2, -0.15) is 0 Å². The molecule has 3 aromatic carbocycles. The first kappa shape index (κ1) is 23.5. The van der Waals surface area contributed by atoms with Crippen molar-refractivity contribution >= 4 is 17.8 Å². The number of carbonyl (C=O) groups excluding carboxylic acids is 3. The van der Waals surface area contributed by atoms with E-state index < -0.39 is 24.1 Å². The molecule has 168 valence electrons. The summed E-state index contributed by atoms with van der Waals surface area (Å²) in [5, 5.41) is 2.88. The van der Waals surface area contributed by atoms with Gasteiger partial charge in [0, 0.05) is 11.6 Å². The van der Waals surface area contributed by atoms with Crippen LogP contribution in [0.1, 0.15) is 39.3 Å². The zero-order valence-electron chi connectivity index (χ0n) is 18.2. The van der Waals surface area contributed by atoms with Crippen molar-refractivity contribution in [1.29, 1.82) is 0 Å². The number of hydrogen-bond donors (Lipinski definition) is 1. The highest BCUT2D eigenvalue weighted by Crippen LogP contribution is 2.24. The number of esters is 2. The van der Waals surface area contributed by atoms with Crippen LogP contribution in [0.3, 0.4) is 0 Å². The molecule has 0 unspecified atom stereocenters. The van der Waals surface area contributed by atoms with Crippen LogP contribution in [-0.4, -0.2) is 30.5 Å². The van der Waals surface area contributed by atoms with Gasteiger partial charge in [-0.25, -0.2) is 9.59 Å². The standard InChI is InChI=1S/C27H25NO5/c1-2-32-24(29)19-18-23(28-26(30)21-14-8-4-9-15-21)25(20-12-6-3-7-13-20)33-27(31)22-16-10-5-11-17-22/h3-19,23,25H,2H2,1H3,(H,28,30)/b19-18+/t23-,25-/m1/s1. The van der Waals surface area contributed by atoms with Crippen LogP contribution in [0.5, 0.6) is 0 Å². The van der Waals surface area contributed by atoms with Gasteiger partial charge in [-0.3, -0.25) is 4.79 Å². The lowest BCUT2D eigenvalue weighted by Gasteiger charge is -2.26. The van der Waals surface area contributed by atoms with Gasteiger partial charge >= 0.3 is 11.9 Å². The minimum atomic E-state index is -0.891. The van der Waals surface area contributed by atoms with Gasteiger partial charge in [-0.15, -0.1) is 0 Å². The zero-order valence-corrected chi connectivity index (χ0v) is 18.2. The summed E-state index contributed by atoms with van der Waals surface area (Å²) in [6.45, 7) is 1.92. The zero-order chi connectivity index (χ0) is 23.5. The maximum atomic E-state index is 12.9. The maximum absolute atomic E-state index is 12.9. The van der Waals surface area contributed by atoms with E-state index in [0.29, 0.717) is 16.7 Å². The summed E-state index contributed by atoms with van der Waals surface area (Å²) < 4.78 is 10.8. The highest BCUT2D eigenvalue weighted by Gasteiger charge is 2.28. The number of amides is 1. The molecule has 0 fully saturated rings. The van der Waals surface area contributed by atoms with Gasteiger partial charge < -0.3 is 14.8 Å². The maximum Gasteiger partial charge on any atom is 0.338 e. The number of benzene rings is 3. The van der Waals surface area contributed by atoms with Crippen LogP contribution in [0.2, 0.25) is 0 Å². The molecule has 0 aliphatic rings. The van der Waals surface area contributed by atoms with Crippen molar-refractivity contribution in [3.05, 3.63) is 120 Å². The Hall–Kier alpha value is -4.19. The summed E-state index contributed by atoms with van der Waals surface area (Å²) in [5.41, 5.74) is 1.47.